The normalized spacial score (nSPS) is 19.1. The van der Waals surface area contributed by atoms with Gasteiger partial charge in [0.15, 0.2) is 0 Å². The summed E-state index contributed by atoms with van der Waals surface area (Å²) in [5.41, 5.74) is 1.28. The lowest BCUT2D eigenvalue weighted by Gasteiger charge is -2.23. The van der Waals surface area contributed by atoms with Crippen molar-refractivity contribution in [2.24, 2.45) is 5.92 Å². The molecule has 1 atom stereocenters. The fraction of sp³-hybridized carbons (Fsp3) is 0.600. The molecule has 2 heteroatoms. The lowest BCUT2D eigenvalue weighted by Crippen LogP contribution is -2.28. The molecule has 0 saturated carbocycles. The molecule has 1 saturated heterocycles. The highest BCUT2D eigenvalue weighted by molar-refractivity contribution is 5.16. The molecule has 1 aliphatic rings. The number of rotatable bonds is 5. The molecule has 2 nitrogen and oxygen atoms in total. The molecular weight excluding hydrogens is 210 g/mol. The zero-order chi connectivity index (χ0) is 11.9. The van der Waals surface area contributed by atoms with Crippen LogP contribution in [0.4, 0.5) is 0 Å². The molecule has 1 heterocycles. The Bertz CT molecular complexity index is 306. The van der Waals surface area contributed by atoms with E-state index in [1.54, 1.807) is 0 Å². The molecule has 94 valence electrons. The first-order chi connectivity index (χ1) is 8.36. The average Bonchev–Trinajstić information content (AvgIpc) is 2.41. The van der Waals surface area contributed by atoms with Crippen molar-refractivity contribution in [2.75, 3.05) is 19.7 Å². The number of benzene rings is 1. The van der Waals surface area contributed by atoms with E-state index in [0.717, 1.165) is 12.5 Å². The van der Waals surface area contributed by atoms with Gasteiger partial charge in [0.25, 0.3) is 0 Å². The van der Waals surface area contributed by atoms with Crippen molar-refractivity contribution in [2.45, 2.75) is 32.3 Å². The summed E-state index contributed by atoms with van der Waals surface area (Å²) in [5, 5.41) is 3.40. The fourth-order valence-corrected chi connectivity index (χ4v) is 2.40. The summed E-state index contributed by atoms with van der Waals surface area (Å²) in [4.78, 5) is 0. The molecule has 1 fully saturated rings. The highest BCUT2D eigenvalue weighted by Gasteiger charge is 2.13. The first kappa shape index (κ1) is 12.6. The summed E-state index contributed by atoms with van der Waals surface area (Å²) < 4.78 is 5.91. The van der Waals surface area contributed by atoms with Gasteiger partial charge in [0.05, 0.1) is 6.10 Å². The summed E-state index contributed by atoms with van der Waals surface area (Å²) in [6.45, 7) is 5.39. The van der Waals surface area contributed by atoms with Crippen molar-refractivity contribution in [3.63, 3.8) is 0 Å². The minimum atomic E-state index is 0.220. The van der Waals surface area contributed by atoms with E-state index in [4.69, 9.17) is 4.74 Å². The molecule has 2 rings (SSSR count). The third-order valence-corrected chi connectivity index (χ3v) is 3.62. The predicted molar refractivity (Wildman–Crippen MR) is 71.0 cm³/mol. The van der Waals surface area contributed by atoms with Gasteiger partial charge in [-0.15, -0.1) is 0 Å². The number of hydrogen-bond acceptors (Lipinski definition) is 2. The van der Waals surface area contributed by atoms with Crippen LogP contribution in [0.1, 0.15) is 37.9 Å². The largest absolute Gasteiger partial charge is 0.374 e. The Balaban J connectivity index is 1.67. The minimum absolute atomic E-state index is 0.220. The van der Waals surface area contributed by atoms with Gasteiger partial charge in [0.2, 0.25) is 0 Å². The average molecular weight is 233 g/mol. The van der Waals surface area contributed by atoms with Crippen LogP contribution in [-0.2, 0) is 4.74 Å². The lowest BCUT2D eigenvalue weighted by atomic mass is 9.95. The Labute approximate surface area is 104 Å². The maximum absolute atomic E-state index is 5.91. The minimum Gasteiger partial charge on any atom is -0.374 e. The molecule has 1 aromatic carbocycles. The Hall–Kier alpha value is -0.860. The van der Waals surface area contributed by atoms with E-state index in [1.165, 1.54) is 37.9 Å². The van der Waals surface area contributed by atoms with Gasteiger partial charge >= 0.3 is 0 Å². The van der Waals surface area contributed by atoms with Crippen LogP contribution in [0.5, 0.6) is 0 Å². The van der Waals surface area contributed by atoms with Crippen LogP contribution >= 0.6 is 0 Å². The molecule has 0 aromatic heterocycles. The second-order valence-electron chi connectivity index (χ2n) is 4.91. The highest BCUT2D eigenvalue weighted by atomic mass is 16.5. The van der Waals surface area contributed by atoms with Gasteiger partial charge in [-0.25, -0.2) is 0 Å². The van der Waals surface area contributed by atoms with E-state index in [1.807, 2.05) is 6.07 Å². The van der Waals surface area contributed by atoms with Gasteiger partial charge in [-0.3, -0.25) is 0 Å². The number of piperidine rings is 1. The first-order valence-electron chi connectivity index (χ1n) is 6.73. The van der Waals surface area contributed by atoms with E-state index >= 15 is 0 Å². The molecule has 1 N–H and O–H groups in total. The van der Waals surface area contributed by atoms with Gasteiger partial charge in [0, 0.05) is 6.61 Å². The Morgan fingerprint density at radius 3 is 2.65 bits per heavy atom. The van der Waals surface area contributed by atoms with Crippen LogP contribution in [0.15, 0.2) is 30.3 Å². The maximum Gasteiger partial charge on any atom is 0.0796 e. The highest BCUT2D eigenvalue weighted by Crippen LogP contribution is 2.20. The zero-order valence-electron chi connectivity index (χ0n) is 10.7. The van der Waals surface area contributed by atoms with Crippen molar-refractivity contribution < 1.29 is 4.74 Å². The molecule has 1 unspecified atom stereocenters. The van der Waals surface area contributed by atoms with E-state index < -0.39 is 0 Å². The third-order valence-electron chi connectivity index (χ3n) is 3.62. The van der Waals surface area contributed by atoms with Crippen LogP contribution in [0.2, 0.25) is 0 Å². The van der Waals surface area contributed by atoms with Gasteiger partial charge < -0.3 is 10.1 Å². The maximum atomic E-state index is 5.91. The molecule has 0 aliphatic carbocycles. The predicted octanol–water partition coefficient (Wildman–Crippen LogP) is 3.15. The molecule has 0 spiro atoms. The fourth-order valence-electron chi connectivity index (χ4n) is 2.40. The summed E-state index contributed by atoms with van der Waals surface area (Å²) in [5.74, 6) is 0.860. The van der Waals surface area contributed by atoms with Crippen molar-refractivity contribution in [1.29, 1.82) is 0 Å². The van der Waals surface area contributed by atoms with Gasteiger partial charge in [-0.2, -0.15) is 0 Å². The van der Waals surface area contributed by atoms with Gasteiger partial charge in [-0.05, 0) is 50.8 Å². The second kappa shape index (κ2) is 6.77. The molecule has 17 heavy (non-hydrogen) atoms. The van der Waals surface area contributed by atoms with Gasteiger partial charge in [-0.1, -0.05) is 30.3 Å². The van der Waals surface area contributed by atoms with Gasteiger partial charge in [0.1, 0.15) is 0 Å². The first-order valence-corrected chi connectivity index (χ1v) is 6.73. The number of ether oxygens (including phenoxy) is 1. The number of nitrogens with one attached hydrogen (secondary N) is 1. The third kappa shape index (κ3) is 4.14. The van der Waals surface area contributed by atoms with Crippen molar-refractivity contribution >= 4 is 0 Å². The van der Waals surface area contributed by atoms with E-state index in [9.17, 15) is 0 Å². The number of hydrogen-bond donors (Lipinski definition) is 1. The Morgan fingerprint density at radius 2 is 1.94 bits per heavy atom. The summed E-state index contributed by atoms with van der Waals surface area (Å²) in [6.07, 6.45) is 4.04. The van der Waals surface area contributed by atoms with Crippen LogP contribution < -0.4 is 5.32 Å². The molecule has 1 aliphatic heterocycles. The molecule has 0 bridgehead atoms. The van der Waals surface area contributed by atoms with Crippen LogP contribution in [0.25, 0.3) is 0 Å². The summed E-state index contributed by atoms with van der Waals surface area (Å²) in [6, 6.07) is 10.5. The topological polar surface area (TPSA) is 21.3 Å². The Kier molecular flexibility index (Phi) is 5.02. The monoisotopic (exact) mass is 233 g/mol. The second-order valence-corrected chi connectivity index (χ2v) is 4.91. The lowest BCUT2D eigenvalue weighted by molar-refractivity contribution is 0.0533. The van der Waals surface area contributed by atoms with Crippen molar-refractivity contribution in [3.8, 4) is 0 Å². The zero-order valence-corrected chi connectivity index (χ0v) is 10.7. The van der Waals surface area contributed by atoms with Crippen LogP contribution in [0.3, 0.4) is 0 Å². The molecule has 0 radical (unpaired) electrons. The quantitative estimate of drug-likeness (QED) is 0.843. The van der Waals surface area contributed by atoms with E-state index in [-0.39, 0.29) is 6.10 Å². The van der Waals surface area contributed by atoms with Crippen LogP contribution in [-0.4, -0.2) is 19.7 Å². The van der Waals surface area contributed by atoms with E-state index in [0.29, 0.717) is 0 Å². The molecular formula is C15H23NO. The smallest absolute Gasteiger partial charge is 0.0796 e. The Morgan fingerprint density at radius 1 is 1.24 bits per heavy atom. The van der Waals surface area contributed by atoms with E-state index in [2.05, 4.69) is 36.5 Å². The SMILES string of the molecule is CC(OCCC1CCNCC1)c1ccccc1. The summed E-state index contributed by atoms with van der Waals surface area (Å²) >= 11 is 0. The summed E-state index contributed by atoms with van der Waals surface area (Å²) in [7, 11) is 0. The molecule has 1 aromatic rings. The molecule has 0 amide bonds. The standard InChI is InChI=1S/C15H23NO/c1-13(15-5-3-2-4-6-15)17-12-9-14-7-10-16-11-8-14/h2-6,13-14,16H,7-12H2,1H3. The van der Waals surface area contributed by atoms with Crippen molar-refractivity contribution in [1.82, 2.24) is 5.32 Å². The van der Waals surface area contributed by atoms with Crippen LogP contribution in [0, 0.1) is 5.92 Å². The van der Waals surface area contributed by atoms with Crippen molar-refractivity contribution in [3.05, 3.63) is 35.9 Å².